The predicted octanol–water partition coefficient (Wildman–Crippen LogP) is 22.1. The molecule has 0 atom stereocenters. The normalized spacial score (nSPS) is 13.7. The number of rotatable bonds is 16. The monoisotopic (exact) mass is 1080 g/mol. The fraction of sp³-hybridized carbons (Fsp3) is 0.114. The van der Waals surface area contributed by atoms with E-state index in [2.05, 4.69) is 305 Å². The van der Waals surface area contributed by atoms with Crippen LogP contribution < -0.4 is 0 Å². The van der Waals surface area contributed by atoms with E-state index < -0.39 is 0 Å². The molecule has 0 bridgehead atoms. The number of nitrogens with zero attached hydrogens (tertiary/aromatic N) is 4. The Morgan fingerprint density at radius 3 is 1.66 bits per heavy atom. The molecule has 0 amide bonds. The Morgan fingerprint density at radius 2 is 1.14 bits per heavy atom. The Hall–Kier alpha value is -9.90. The van der Waals surface area contributed by atoms with Crippen LogP contribution in [0.2, 0.25) is 0 Å². The van der Waals surface area contributed by atoms with E-state index in [1.165, 1.54) is 38.6 Å². The average Bonchev–Trinajstić information content (AvgIpc) is 3.96. The summed E-state index contributed by atoms with van der Waals surface area (Å²) in [5, 5.41) is 2.37. The molecule has 0 radical (unpaired) electrons. The van der Waals surface area contributed by atoms with Crippen molar-refractivity contribution >= 4 is 34.5 Å². The van der Waals surface area contributed by atoms with Gasteiger partial charge in [0.05, 0.1) is 17.1 Å². The van der Waals surface area contributed by atoms with Gasteiger partial charge >= 0.3 is 0 Å². The van der Waals surface area contributed by atoms with Crippen molar-refractivity contribution in [2.75, 3.05) is 0 Å². The van der Waals surface area contributed by atoms with Gasteiger partial charge in [-0.2, -0.15) is 0 Å². The number of fused-ring (bicyclic) bond motifs is 1. The van der Waals surface area contributed by atoms with Crippen LogP contribution in [0.1, 0.15) is 77.6 Å². The predicted molar refractivity (Wildman–Crippen MR) is 362 cm³/mol. The highest BCUT2D eigenvalue weighted by atomic mass is 15.1. The quantitative estimate of drug-likeness (QED) is 0.0549. The van der Waals surface area contributed by atoms with Crippen LogP contribution in [0, 0.1) is 0 Å². The van der Waals surface area contributed by atoms with Crippen LogP contribution in [0.4, 0.5) is 0 Å². The van der Waals surface area contributed by atoms with E-state index in [0.717, 1.165) is 92.3 Å². The Balaban J connectivity index is 0.000000748. The molecule has 412 valence electrons. The molecular formula is C79H76N4. The van der Waals surface area contributed by atoms with Crippen LogP contribution >= 0.6 is 0 Å². The molecule has 2 aliphatic rings. The van der Waals surface area contributed by atoms with E-state index in [0.29, 0.717) is 0 Å². The zero-order valence-corrected chi connectivity index (χ0v) is 49.0. The maximum Gasteiger partial charge on any atom is 0.144 e. The lowest BCUT2D eigenvalue weighted by Gasteiger charge is -2.24. The fourth-order valence-corrected chi connectivity index (χ4v) is 10.1. The van der Waals surface area contributed by atoms with Gasteiger partial charge in [0, 0.05) is 42.1 Å². The lowest BCUT2D eigenvalue weighted by atomic mass is 9.79. The van der Waals surface area contributed by atoms with Crippen molar-refractivity contribution in [2.45, 2.75) is 60.8 Å². The fourth-order valence-electron chi connectivity index (χ4n) is 10.1. The summed E-state index contributed by atoms with van der Waals surface area (Å²) >= 11 is 0. The van der Waals surface area contributed by atoms with Gasteiger partial charge in [0.15, 0.2) is 0 Å². The van der Waals surface area contributed by atoms with Gasteiger partial charge in [-0.05, 0) is 138 Å². The second-order valence-electron chi connectivity index (χ2n) is 19.8. The largest absolute Gasteiger partial charge is 0.321 e. The van der Waals surface area contributed by atoms with Crippen molar-refractivity contribution < 1.29 is 0 Å². The zero-order valence-electron chi connectivity index (χ0n) is 49.0. The summed E-state index contributed by atoms with van der Waals surface area (Å²) in [7, 11) is 0. The zero-order chi connectivity index (χ0) is 58.2. The van der Waals surface area contributed by atoms with E-state index in [1.807, 2.05) is 39.1 Å². The Morgan fingerprint density at radius 1 is 0.602 bits per heavy atom. The van der Waals surface area contributed by atoms with Crippen molar-refractivity contribution in [1.82, 2.24) is 14.5 Å². The van der Waals surface area contributed by atoms with Crippen molar-refractivity contribution in [3.63, 3.8) is 0 Å². The minimum atomic E-state index is 0.900. The number of hydrogen-bond acceptors (Lipinski definition) is 3. The third-order valence-corrected chi connectivity index (χ3v) is 14.1. The first-order chi connectivity index (χ1) is 40.8. The number of hydrogen-bond donors (Lipinski definition) is 0. The third-order valence-electron chi connectivity index (χ3n) is 14.1. The Kier molecular flexibility index (Phi) is 21.9. The first-order valence-electron chi connectivity index (χ1n) is 28.8. The van der Waals surface area contributed by atoms with E-state index >= 15 is 0 Å². The molecule has 2 heterocycles. The molecular weight excluding hydrogens is 1000 g/mol. The maximum absolute atomic E-state index is 5.37. The average molecular weight is 1080 g/mol. The van der Waals surface area contributed by atoms with Gasteiger partial charge in [0.25, 0.3) is 0 Å². The molecule has 10 rings (SSSR count). The van der Waals surface area contributed by atoms with Gasteiger partial charge in [-0.25, -0.2) is 4.98 Å². The van der Waals surface area contributed by atoms with E-state index in [-0.39, 0.29) is 0 Å². The summed E-state index contributed by atoms with van der Waals surface area (Å²) in [6.45, 7) is 19.1. The van der Waals surface area contributed by atoms with Crippen LogP contribution in [-0.4, -0.2) is 20.7 Å². The lowest BCUT2D eigenvalue weighted by Crippen LogP contribution is -2.11. The minimum absolute atomic E-state index is 0.900. The molecule has 1 aliphatic heterocycles. The van der Waals surface area contributed by atoms with Crippen molar-refractivity contribution in [1.29, 1.82) is 0 Å². The van der Waals surface area contributed by atoms with Gasteiger partial charge < -0.3 is 9.47 Å². The van der Waals surface area contributed by atoms with Crippen molar-refractivity contribution in [3.8, 4) is 55.9 Å². The number of imidazole rings is 1. The summed E-state index contributed by atoms with van der Waals surface area (Å²) < 4.78 is 2.13. The Bertz CT molecular complexity index is 3840. The van der Waals surface area contributed by atoms with Crippen LogP contribution in [-0.2, 0) is 0 Å². The molecule has 7 aromatic carbocycles. The SMILES string of the molecule is C/C=C/n1cc(C(/C=C\CC)=C/C)nc1-c1ccc(-c2c(-c3ccccc3)c(-c3ccccc3)c(-c3ccc(C=N/C(C4=CCCC=C4)=C(/c4ccccc4)N4C=CC=CC=C4)cc3)c3ccccc23)cc1.C=C/C=C\C(C)=C/C.C=CC. The maximum atomic E-state index is 5.37. The minimum Gasteiger partial charge on any atom is -0.321 e. The molecule has 4 heteroatoms. The molecule has 8 aromatic rings. The second-order valence-corrected chi connectivity index (χ2v) is 19.8. The highest BCUT2D eigenvalue weighted by Gasteiger charge is 2.25. The van der Waals surface area contributed by atoms with Gasteiger partial charge in [-0.15, -0.1) is 6.58 Å². The third kappa shape index (κ3) is 14.9. The van der Waals surface area contributed by atoms with E-state index in [4.69, 9.17) is 9.98 Å². The summed E-state index contributed by atoms with van der Waals surface area (Å²) in [6, 6.07) is 59.2. The van der Waals surface area contributed by atoms with Gasteiger partial charge in [0.2, 0.25) is 0 Å². The summed E-state index contributed by atoms with van der Waals surface area (Å²) in [5.41, 5.74) is 18.9. The van der Waals surface area contributed by atoms with Gasteiger partial charge in [-0.3, -0.25) is 4.99 Å². The first-order valence-corrected chi connectivity index (χ1v) is 28.8. The van der Waals surface area contributed by atoms with E-state index in [1.54, 1.807) is 12.2 Å². The standard InChI is InChI=1S/C68H58N4.C8H12.C3H6/c1-4-7-26-51(6-3)61-49-72(45-5-2)68(70-61)58-43-41-55(42-44-58)63-60-36-23-22-35-59(60)62(64(52-27-14-10-15-28-52)65(63)53-29-16-11-17-30-53)54-39-37-50(38-40-54)48-69-66(56-31-18-12-19-32-56)67(57-33-20-13-21-34-57)71-46-24-8-9-25-47-71;1-4-6-7-8(3)5-2;1-3-2/h5-11,13-18,20-49H,4,12,19H2,1-3H3;4-7H,1H2,2-3H3;3H,1H2,2H3/b26-7-,45-5+,51-6+,67-66-,69-48?;7-6-,8-5-;. The lowest BCUT2D eigenvalue weighted by molar-refractivity contribution is 0.718. The number of aromatic nitrogens is 2. The molecule has 83 heavy (non-hydrogen) atoms. The van der Waals surface area contributed by atoms with Gasteiger partial charge in [0.1, 0.15) is 5.82 Å². The second kappa shape index (κ2) is 30.6. The van der Waals surface area contributed by atoms with Crippen LogP contribution in [0.5, 0.6) is 0 Å². The first kappa shape index (κ1) is 59.2. The number of allylic oxidation sites excluding steroid dienone is 18. The van der Waals surface area contributed by atoms with Crippen LogP contribution in [0.25, 0.3) is 84.1 Å². The highest BCUT2D eigenvalue weighted by molar-refractivity contribution is 6.18. The summed E-state index contributed by atoms with van der Waals surface area (Å²) in [5.74, 6) is 0.900. The molecule has 0 saturated heterocycles. The van der Waals surface area contributed by atoms with Crippen molar-refractivity contribution in [2.24, 2.45) is 4.99 Å². The Labute approximate surface area is 494 Å². The summed E-state index contributed by atoms with van der Waals surface area (Å²) in [4.78, 5) is 12.7. The van der Waals surface area contributed by atoms with Crippen LogP contribution in [0.15, 0.2) is 315 Å². The van der Waals surface area contributed by atoms with E-state index in [9.17, 15) is 0 Å². The molecule has 0 spiro atoms. The molecule has 0 fully saturated rings. The molecule has 0 N–H and O–H groups in total. The topological polar surface area (TPSA) is 33.4 Å². The molecule has 0 saturated carbocycles. The highest BCUT2D eigenvalue weighted by Crippen LogP contribution is 2.51. The number of benzene rings is 7. The van der Waals surface area contributed by atoms with Crippen molar-refractivity contribution in [3.05, 3.63) is 326 Å². The molecule has 0 unspecified atom stereocenters. The molecule has 1 aliphatic carbocycles. The van der Waals surface area contributed by atoms with Gasteiger partial charge in [-0.1, -0.05) is 268 Å². The molecule has 4 nitrogen and oxygen atoms in total. The summed E-state index contributed by atoms with van der Waals surface area (Å²) in [6.07, 6.45) is 46.5. The smallest absolute Gasteiger partial charge is 0.144 e. The number of aliphatic imine (C=N–C) groups is 1. The molecule has 1 aromatic heterocycles. The van der Waals surface area contributed by atoms with Crippen LogP contribution in [0.3, 0.4) is 0 Å².